The van der Waals surface area contributed by atoms with Crippen LogP contribution in [0.1, 0.15) is 40.2 Å². The van der Waals surface area contributed by atoms with E-state index in [1.807, 2.05) is 19.1 Å². The van der Waals surface area contributed by atoms with Gasteiger partial charge in [0.15, 0.2) is 12.6 Å². The number of aliphatic imine (C=N–C) groups is 1. The van der Waals surface area contributed by atoms with Gasteiger partial charge in [-0.25, -0.2) is 29.2 Å². The molecule has 0 unspecified atom stereocenters. The molecule has 3 aliphatic rings. The highest BCUT2D eigenvalue weighted by molar-refractivity contribution is 6.30. The van der Waals surface area contributed by atoms with E-state index in [9.17, 15) is 8.78 Å². The van der Waals surface area contributed by atoms with Crippen LogP contribution in [0.3, 0.4) is 0 Å². The monoisotopic (exact) mass is 594 g/mol. The number of aryl methyl sites for hydroxylation is 1. The maximum Gasteiger partial charge on any atom is 0.216 e. The number of nitrogens with zero attached hydrogens (tertiary/aromatic N) is 5. The summed E-state index contributed by atoms with van der Waals surface area (Å²) in [4.78, 5) is 21.6. The number of rotatable bonds is 8. The predicted octanol–water partition coefficient (Wildman–Crippen LogP) is 4.84. The van der Waals surface area contributed by atoms with Gasteiger partial charge in [-0.3, -0.25) is 9.74 Å². The minimum Gasteiger partial charge on any atom is -0.472 e. The average molecular weight is 595 g/mol. The highest BCUT2D eigenvalue weighted by atomic mass is 35.5. The van der Waals surface area contributed by atoms with Crippen molar-refractivity contribution in [2.75, 3.05) is 19.9 Å². The number of hydroxylamine groups is 1. The molecule has 0 saturated carbocycles. The molecule has 4 aromatic rings. The fourth-order valence-electron chi connectivity index (χ4n) is 5.61. The lowest BCUT2D eigenvalue weighted by Gasteiger charge is -2.30. The van der Waals surface area contributed by atoms with Crippen molar-refractivity contribution in [3.05, 3.63) is 86.8 Å². The zero-order valence-corrected chi connectivity index (χ0v) is 23.8. The summed E-state index contributed by atoms with van der Waals surface area (Å²) in [6.07, 6.45) is 2.03. The topological polar surface area (TPSA) is 86.0 Å². The number of hydrogen-bond acceptors (Lipinski definition) is 8. The Morgan fingerprint density at radius 3 is 2.71 bits per heavy atom. The molecule has 2 aromatic carbocycles. The van der Waals surface area contributed by atoms with Crippen LogP contribution in [0.25, 0.3) is 11.0 Å². The molecule has 1 N–H and O–H groups in total. The van der Waals surface area contributed by atoms with E-state index in [4.69, 9.17) is 35.9 Å². The molecule has 5 heterocycles. The van der Waals surface area contributed by atoms with Gasteiger partial charge in [-0.1, -0.05) is 11.6 Å². The number of halogens is 3. The molecule has 1 saturated heterocycles. The van der Waals surface area contributed by atoms with Gasteiger partial charge in [0.05, 0.1) is 41.5 Å². The third-order valence-corrected chi connectivity index (χ3v) is 8.18. The Morgan fingerprint density at radius 2 is 1.98 bits per heavy atom. The number of nitrogens with one attached hydrogen (secondary N) is 1. The Hall–Kier alpha value is -3.64. The highest BCUT2D eigenvalue weighted by Crippen LogP contribution is 2.28. The van der Waals surface area contributed by atoms with Gasteiger partial charge in [0.25, 0.3) is 0 Å². The number of ether oxygens (including phenoxy) is 2. The van der Waals surface area contributed by atoms with E-state index < -0.39 is 11.6 Å². The highest BCUT2D eigenvalue weighted by Gasteiger charge is 2.26. The van der Waals surface area contributed by atoms with Crippen molar-refractivity contribution in [1.29, 1.82) is 0 Å². The molecule has 2 aromatic heterocycles. The van der Waals surface area contributed by atoms with Crippen LogP contribution in [-0.2, 0) is 42.2 Å². The molecule has 218 valence electrons. The van der Waals surface area contributed by atoms with Gasteiger partial charge >= 0.3 is 0 Å². The summed E-state index contributed by atoms with van der Waals surface area (Å²) in [5.41, 5.74) is 8.38. The molecule has 9 nitrogen and oxygen atoms in total. The van der Waals surface area contributed by atoms with Crippen LogP contribution in [-0.4, -0.2) is 51.3 Å². The molecule has 3 aliphatic heterocycles. The molecular weight excluding hydrogens is 566 g/mol. The van der Waals surface area contributed by atoms with Crippen molar-refractivity contribution in [2.45, 2.75) is 52.1 Å². The van der Waals surface area contributed by atoms with E-state index in [0.717, 1.165) is 83.9 Å². The largest absolute Gasteiger partial charge is 0.472 e. The lowest BCUT2D eigenvalue weighted by Crippen LogP contribution is -2.34. The summed E-state index contributed by atoms with van der Waals surface area (Å²) in [6.45, 7) is 5.51. The molecule has 0 bridgehead atoms. The SMILES string of the molecule is Cc1cc2c(nc1OCc1c(F)cc(Cl)cc1F)CN(Cc1nc3cc(C4=NCON4)ccc3n1C[C@@H]1CCO1)CC2. The van der Waals surface area contributed by atoms with Crippen LogP contribution >= 0.6 is 11.6 Å². The molecule has 1 atom stereocenters. The molecule has 0 amide bonds. The smallest absolute Gasteiger partial charge is 0.216 e. The quantitative estimate of drug-likeness (QED) is 0.313. The first kappa shape index (κ1) is 27.2. The van der Waals surface area contributed by atoms with Gasteiger partial charge in [0, 0.05) is 35.8 Å². The number of benzene rings is 2. The van der Waals surface area contributed by atoms with Crippen molar-refractivity contribution in [1.82, 2.24) is 24.9 Å². The zero-order chi connectivity index (χ0) is 28.8. The van der Waals surface area contributed by atoms with Crippen LogP contribution in [0.15, 0.2) is 41.4 Å². The van der Waals surface area contributed by atoms with Crippen molar-refractivity contribution < 1.29 is 23.1 Å². The molecule has 12 heteroatoms. The van der Waals surface area contributed by atoms with Crippen LogP contribution in [0.2, 0.25) is 5.02 Å². The number of imidazole rings is 1. The molecule has 7 rings (SSSR count). The van der Waals surface area contributed by atoms with E-state index in [0.29, 0.717) is 24.8 Å². The summed E-state index contributed by atoms with van der Waals surface area (Å²) in [5, 5.41) is 0.000864. The first-order chi connectivity index (χ1) is 20.4. The maximum atomic E-state index is 14.3. The van der Waals surface area contributed by atoms with Gasteiger partial charge in [0.1, 0.15) is 24.1 Å². The first-order valence-corrected chi connectivity index (χ1v) is 14.3. The number of amidine groups is 1. The summed E-state index contributed by atoms with van der Waals surface area (Å²) in [7, 11) is 0. The van der Waals surface area contributed by atoms with E-state index >= 15 is 0 Å². The molecule has 0 spiro atoms. The van der Waals surface area contributed by atoms with Gasteiger partial charge < -0.3 is 14.0 Å². The second kappa shape index (κ2) is 11.2. The van der Waals surface area contributed by atoms with Crippen molar-refractivity contribution >= 4 is 28.5 Å². The zero-order valence-electron chi connectivity index (χ0n) is 23.0. The summed E-state index contributed by atoms with van der Waals surface area (Å²) in [5.74, 6) is 0.522. The number of fused-ring (bicyclic) bond motifs is 2. The minimum absolute atomic E-state index is 0.000864. The Labute approximate surface area is 246 Å². The van der Waals surface area contributed by atoms with Crippen LogP contribution in [0.4, 0.5) is 8.78 Å². The molecule has 0 radical (unpaired) electrons. The second-order valence-corrected chi connectivity index (χ2v) is 11.3. The number of pyridine rings is 1. The van der Waals surface area contributed by atoms with Gasteiger partial charge in [0.2, 0.25) is 5.88 Å². The van der Waals surface area contributed by atoms with Crippen molar-refractivity contribution in [2.24, 2.45) is 4.99 Å². The maximum absolute atomic E-state index is 14.3. The van der Waals surface area contributed by atoms with Gasteiger partial charge in [-0.15, -0.1) is 0 Å². The molecular formula is C30H29ClF2N6O3. The third kappa shape index (κ3) is 5.33. The summed E-state index contributed by atoms with van der Waals surface area (Å²) >= 11 is 5.76. The van der Waals surface area contributed by atoms with Crippen LogP contribution in [0.5, 0.6) is 5.88 Å². The number of aromatic nitrogens is 3. The second-order valence-electron chi connectivity index (χ2n) is 10.8. The average Bonchev–Trinajstić information content (AvgIpc) is 3.58. The fraction of sp³-hybridized carbons (Fsp3) is 0.367. The van der Waals surface area contributed by atoms with Crippen molar-refractivity contribution in [3.8, 4) is 5.88 Å². The fourth-order valence-corrected chi connectivity index (χ4v) is 5.80. The van der Waals surface area contributed by atoms with Crippen molar-refractivity contribution in [3.63, 3.8) is 0 Å². The van der Waals surface area contributed by atoms with Crippen LogP contribution < -0.4 is 10.2 Å². The van der Waals surface area contributed by atoms with Gasteiger partial charge in [-0.2, -0.15) is 0 Å². The molecule has 1 fully saturated rings. The third-order valence-electron chi connectivity index (χ3n) is 7.97. The minimum atomic E-state index is -0.745. The Balaban J connectivity index is 1.12. The standard InChI is InChI=1S/C30H29ClF2N6O3/c1-17-8-18-4-6-38(13-26(18)36-30(17)41-15-22-23(32)10-20(31)11-24(22)33)14-28-35-25-9-19(29-34-16-42-37-29)2-3-27(25)39(28)12-21-5-7-40-21/h2-3,8-11,21H,4-7,12-16H2,1H3,(H,34,37)/t21-/m0/s1. The van der Waals surface area contributed by atoms with E-state index in [2.05, 4.69) is 32.1 Å². The van der Waals surface area contributed by atoms with Crippen LogP contribution in [0, 0.1) is 18.6 Å². The molecule has 42 heavy (non-hydrogen) atoms. The first-order valence-electron chi connectivity index (χ1n) is 13.9. The van der Waals surface area contributed by atoms with Gasteiger partial charge in [-0.05, 0) is 61.7 Å². The van der Waals surface area contributed by atoms with E-state index in [1.165, 1.54) is 0 Å². The molecule has 0 aliphatic carbocycles. The predicted molar refractivity (Wildman–Crippen MR) is 152 cm³/mol. The Morgan fingerprint density at radius 1 is 1.14 bits per heavy atom. The Kier molecular flexibility index (Phi) is 7.27. The summed E-state index contributed by atoms with van der Waals surface area (Å²) < 4.78 is 42.4. The summed E-state index contributed by atoms with van der Waals surface area (Å²) in [6, 6.07) is 10.3. The Bertz CT molecular complexity index is 1680. The number of hydrogen-bond donors (Lipinski definition) is 1. The van der Waals surface area contributed by atoms with E-state index in [-0.39, 0.29) is 30.0 Å². The lowest BCUT2D eigenvalue weighted by molar-refractivity contribution is -0.0592. The normalized spacial score (nSPS) is 18.5. The van der Waals surface area contributed by atoms with E-state index in [1.54, 1.807) is 0 Å². The lowest BCUT2D eigenvalue weighted by atomic mass is 10.0.